The van der Waals surface area contributed by atoms with E-state index in [0.717, 1.165) is 43.8 Å². The highest BCUT2D eigenvalue weighted by molar-refractivity contribution is 5.94. The Kier molecular flexibility index (Phi) is 13.4. The molecule has 0 saturated carbocycles. The van der Waals surface area contributed by atoms with Gasteiger partial charge in [-0.05, 0) is 31.7 Å². The van der Waals surface area contributed by atoms with Crippen LogP contribution in [0.1, 0.15) is 43.7 Å². The normalized spacial score (nSPS) is 9.84. The number of aliphatic hydroxyl groups is 2. The van der Waals surface area contributed by atoms with Crippen LogP contribution in [0.15, 0.2) is 24.3 Å². The van der Waals surface area contributed by atoms with Crippen LogP contribution in [-0.4, -0.2) is 54.5 Å². The highest BCUT2D eigenvalue weighted by Crippen LogP contribution is 2.36. The number of rotatable bonds is 12. The fourth-order valence-corrected chi connectivity index (χ4v) is 3.40. The van der Waals surface area contributed by atoms with Crippen molar-refractivity contribution in [1.29, 1.82) is 10.5 Å². The predicted molar refractivity (Wildman–Crippen MR) is 144 cm³/mol. The molecule has 0 aliphatic heterocycles. The van der Waals surface area contributed by atoms with Gasteiger partial charge in [-0.1, -0.05) is 0 Å². The van der Waals surface area contributed by atoms with Crippen LogP contribution in [0.4, 0.5) is 28.4 Å². The first kappa shape index (κ1) is 31.4. The van der Waals surface area contributed by atoms with Crippen molar-refractivity contribution >= 4 is 34.3 Å². The number of carbonyl (C=O) groups excluding carboxylic acids is 1. The van der Waals surface area contributed by atoms with E-state index in [1.165, 1.54) is 6.92 Å². The van der Waals surface area contributed by atoms with Crippen LogP contribution in [-0.2, 0) is 4.79 Å². The SMILES string of the molecule is COc1cc(N)c(NC(C)=O)cc1N(CCCCO)CCCCO.N#Cc1cc([N+](=O)[O-])cc(C#N)c1N. The molecule has 13 heteroatoms. The number of unbranched alkanes of at least 4 members (excludes halogenated alkanes) is 2. The number of nitrogens with one attached hydrogen (secondary N) is 1. The van der Waals surface area contributed by atoms with Crippen LogP contribution in [0.2, 0.25) is 0 Å². The maximum atomic E-state index is 11.4. The minimum Gasteiger partial charge on any atom is -0.495 e. The van der Waals surface area contributed by atoms with Gasteiger partial charge in [-0.15, -0.1) is 0 Å². The molecule has 0 fully saturated rings. The van der Waals surface area contributed by atoms with Gasteiger partial charge in [-0.3, -0.25) is 14.9 Å². The molecule has 0 radical (unpaired) electrons. The van der Waals surface area contributed by atoms with Crippen molar-refractivity contribution in [3.8, 4) is 17.9 Å². The summed E-state index contributed by atoms with van der Waals surface area (Å²) in [6.45, 7) is 3.22. The van der Waals surface area contributed by atoms with Crippen molar-refractivity contribution in [2.75, 3.05) is 55.1 Å². The van der Waals surface area contributed by atoms with Gasteiger partial charge in [0.2, 0.25) is 5.91 Å². The number of methoxy groups -OCH3 is 1. The van der Waals surface area contributed by atoms with E-state index in [9.17, 15) is 14.9 Å². The Bertz CT molecular complexity index is 1140. The van der Waals surface area contributed by atoms with Gasteiger partial charge in [0.1, 0.15) is 17.9 Å². The summed E-state index contributed by atoms with van der Waals surface area (Å²) in [5.41, 5.74) is 12.8. The van der Waals surface area contributed by atoms with Gasteiger partial charge >= 0.3 is 0 Å². The second-order valence-electron chi connectivity index (χ2n) is 8.08. The summed E-state index contributed by atoms with van der Waals surface area (Å²) >= 11 is 0. The monoisotopic (exact) mass is 527 g/mol. The largest absolute Gasteiger partial charge is 0.495 e. The Morgan fingerprint density at radius 1 is 1.05 bits per heavy atom. The molecule has 0 aromatic heterocycles. The fourth-order valence-electron chi connectivity index (χ4n) is 3.40. The van der Waals surface area contributed by atoms with Gasteiger partial charge in [-0.2, -0.15) is 10.5 Å². The van der Waals surface area contributed by atoms with Crippen LogP contribution < -0.4 is 26.4 Å². The van der Waals surface area contributed by atoms with Crippen LogP contribution in [0, 0.1) is 32.8 Å². The number of nitrogens with two attached hydrogens (primary N) is 2. The predicted octanol–water partition coefficient (Wildman–Crippen LogP) is 2.51. The number of hydrogen-bond donors (Lipinski definition) is 5. The average molecular weight is 528 g/mol. The second-order valence-corrected chi connectivity index (χ2v) is 8.08. The molecule has 0 heterocycles. The molecule has 13 nitrogen and oxygen atoms in total. The first-order valence-electron chi connectivity index (χ1n) is 11.7. The van der Waals surface area contributed by atoms with Crippen molar-refractivity contribution in [2.24, 2.45) is 0 Å². The Morgan fingerprint density at radius 3 is 1.97 bits per heavy atom. The summed E-state index contributed by atoms with van der Waals surface area (Å²) in [4.78, 5) is 23.2. The molecular formula is C25H33N7O6. The van der Waals surface area contributed by atoms with Gasteiger partial charge < -0.3 is 36.6 Å². The van der Waals surface area contributed by atoms with Crippen molar-refractivity contribution in [2.45, 2.75) is 32.6 Å². The lowest BCUT2D eigenvalue weighted by molar-refractivity contribution is -0.384. The van der Waals surface area contributed by atoms with Gasteiger partial charge in [0.15, 0.2) is 0 Å². The minimum atomic E-state index is -0.679. The molecule has 2 aromatic rings. The molecule has 1 amide bonds. The molecule has 38 heavy (non-hydrogen) atoms. The van der Waals surface area contributed by atoms with E-state index in [0.29, 0.717) is 30.0 Å². The van der Waals surface area contributed by atoms with E-state index in [1.54, 1.807) is 25.3 Å². The third kappa shape index (κ3) is 9.46. The lowest BCUT2D eigenvalue weighted by Gasteiger charge is -2.27. The van der Waals surface area contributed by atoms with Crippen LogP contribution >= 0.6 is 0 Å². The Hall–Kier alpha value is -4.59. The van der Waals surface area contributed by atoms with E-state index in [-0.39, 0.29) is 41.6 Å². The first-order valence-corrected chi connectivity index (χ1v) is 11.7. The molecule has 0 aliphatic carbocycles. The Morgan fingerprint density at radius 2 is 1.58 bits per heavy atom. The van der Waals surface area contributed by atoms with E-state index < -0.39 is 4.92 Å². The summed E-state index contributed by atoms with van der Waals surface area (Å²) in [6.07, 6.45) is 3.09. The molecule has 2 rings (SSSR count). The summed E-state index contributed by atoms with van der Waals surface area (Å²) in [5, 5.41) is 48.3. The third-order valence-electron chi connectivity index (χ3n) is 5.29. The topological polar surface area (TPSA) is 225 Å². The maximum absolute atomic E-state index is 11.4. The zero-order chi connectivity index (χ0) is 28.7. The maximum Gasteiger partial charge on any atom is 0.272 e. The second kappa shape index (κ2) is 16.2. The number of non-ortho nitro benzene ring substituents is 1. The van der Waals surface area contributed by atoms with E-state index in [1.807, 2.05) is 6.07 Å². The molecule has 7 N–H and O–H groups in total. The molecule has 204 valence electrons. The van der Waals surface area contributed by atoms with Gasteiger partial charge in [0.25, 0.3) is 5.69 Å². The molecule has 0 bridgehead atoms. The number of nitro benzene ring substituents is 1. The van der Waals surface area contributed by atoms with Crippen molar-refractivity contribution < 1.29 is 24.7 Å². The lowest BCUT2D eigenvalue weighted by atomic mass is 10.1. The van der Waals surface area contributed by atoms with Gasteiger partial charge in [0.05, 0.1) is 45.9 Å². The number of nitro groups is 1. The van der Waals surface area contributed by atoms with Crippen LogP contribution in [0.3, 0.4) is 0 Å². The summed E-state index contributed by atoms with van der Waals surface area (Å²) in [7, 11) is 1.58. The van der Waals surface area contributed by atoms with E-state index in [4.69, 9.17) is 36.9 Å². The Balaban J connectivity index is 0.000000437. The number of benzene rings is 2. The van der Waals surface area contributed by atoms with Crippen molar-refractivity contribution in [1.82, 2.24) is 0 Å². The van der Waals surface area contributed by atoms with Crippen molar-refractivity contribution in [3.05, 3.63) is 45.5 Å². The molecule has 2 aromatic carbocycles. The minimum absolute atomic E-state index is 0.0272. The summed E-state index contributed by atoms with van der Waals surface area (Å²) < 4.78 is 5.45. The number of aliphatic hydroxyl groups excluding tert-OH is 2. The number of ether oxygens (including phenoxy) is 1. The highest BCUT2D eigenvalue weighted by atomic mass is 16.6. The number of amides is 1. The fraction of sp³-hybridized carbons (Fsp3) is 0.400. The van der Waals surface area contributed by atoms with Gasteiger partial charge in [0, 0.05) is 51.4 Å². The van der Waals surface area contributed by atoms with Crippen LogP contribution in [0.25, 0.3) is 0 Å². The number of carbonyl (C=O) groups is 1. The quantitative estimate of drug-likeness (QED) is 0.117. The van der Waals surface area contributed by atoms with Gasteiger partial charge in [-0.25, -0.2) is 0 Å². The zero-order valence-electron chi connectivity index (χ0n) is 21.4. The lowest BCUT2D eigenvalue weighted by Crippen LogP contribution is -2.27. The smallest absolute Gasteiger partial charge is 0.272 e. The molecule has 0 spiro atoms. The third-order valence-corrected chi connectivity index (χ3v) is 5.29. The number of nitrogens with zero attached hydrogens (tertiary/aromatic N) is 4. The standard InChI is InChI=1S/C17H29N3O4.C8H4N4O2/c1-13(23)19-15-12-16(17(24-2)11-14(15)18)20(7-3-5-9-21)8-4-6-10-22;9-3-5-1-7(12(13)14)2-6(4-10)8(5)11/h11-12,21-22H,3-10,18H2,1-2H3,(H,19,23);1-2H,11H2. The molecule has 0 unspecified atom stereocenters. The molecule has 0 atom stereocenters. The number of anilines is 4. The number of nitriles is 2. The van der Waals surface area contributed by atoms with Crippen molar-refractivity contribution in [3.63, 3.8) is 0 Å². The number of hydrogen-bond acceptors (Lipinski definition) is 11. The summed E-state index contributed by atoms with van der Waals surface area (Å²) in [6, 6.07) is 8.96. The summed E-state index contributed by atoms with van der Waals surface area (Å²) in [5.74, 6) is 0.444. The van der Waals surface area contributed by atoms with E-state index >= 15 is 0 Å². The molecular weight excluding hydrogens is 494 g/mol. The average Bonchev–Trinajstić information content (AvgIpc) is 2.89. The zero-order valence-corrected chi connectivity index (χ0v) is 21.4. The number of nitrogen functional groups attached to an aromatic ring is 2. The highest BCUT2D eigenvalue weighted by Gasteiger charge is 2.16. The molecule has 0 saturated heterocycles. The van der Waals surface area contributed by atoms with Crippen LogP contribution in [0.5, 0.6) is 5.75 Å². The molecule has 0 aliphatic rings. The Labute approximate surface area is 221 Å². The first-order chi connectivity index (χ1) is 18.1. The van der Waals surface area contributed by atoms with E-state index in [2.05, 4.69) is 10.2 Å².